The Morgan fingerprint density at radius 1 is 1.29 bits per heavy atom. The Bertz CT molecular complexity index is 681. The van der Waals surface area contributed by atoms with Crippen molar-refractivity contribution in [2.75, 3.05) is 39.3 Å². The number of nitrogens with zero attached hydrogens (tertiary/aromatic N) is 3. The van der Waals surface area contributed by atoms with Crippen LogP contribution in [-0.4, -0.2) is 59.9 Å². The zero-order valence-electron chi connectivity index (χ0n) is 13.5. The average Bonchev–Trinajstić information content (AvgIpc) is 3.10. The molecule has 0 spiro atoms. The minimum absolute atomic E-state index is 0.143. The maximum Gasteiger partial charge on any atom is 0.271 e. The van der Waals surface area contributed by atoms with Gasteiger partial charge in [-0.15, -0.1) is 0 Å². The van der Waals surface area contributed by atoms with Crippen LogP contribution in [0.3, 0.4) is 0 Å². The van der Waals surface area contributed by atoms with E-state index in [1.807, 2.05) is 18.2 Å². The molecule has 24 heavy (non-hydrogen) atoms. The molecule has 0 atom stereocenters. The van der Waals surface area contributed by atoms with E-state index in [9.17, 15) is 4.79 Å². The van der Waals surface area contributed by atoms with Crippen molar-refractivity contribution in [1.82, 2.24) is 25.3 Å². The van der Waals surface area contributed by atoms with Gasteiger partial charge in [0, 0.05) is 43.9 Å². The van der Waals surface area contributed by atoms with Gasteiger partial charge in [-0.3, -0.25) is 4.79 Å². The Hall–Kier alpha value is -1.89. The van der Waals surface area contributed by atoms with Crippen LogP contribution in [0.5, 0.6) is 0 Å². The number of aromatic nitrogens is 2. The van der Waals surface area contributed by atoms with E-state index in [4.69, 9.17) is 11.6 Å². The fourth-order valence-electron chi connectivity index (χ4n) is 2.74. The second kappa shape index (κ2) is 8.28. The molecule has 1 fully saturated rings. The van der Waals surface area contributed by atoms with Crippen LogP contribution in [0.4, 0.5) is 0 Å². The standard InChI is InChI=1S/C17H22ClN5O/c18-14-3-1-4-15(13-14)23-10-5-16(21-23)17(24)20-6-2-9-22-11-7-19-8-12-22/h1,3-5,10,13,19H,2,6-9,11-12H2,(H,20,24). The second-order valence-electron chi connectivity index (χ2n) is 5.83. The summed E-state index contributed by atoms with van der Waals surface area (Å²) in [5, 5.41) is 11.2. The smallest absolute Gasteiger partial charge is 0.271 e. The monoisotopic (exact) mass is 347 g/mol. The molecule has 1 aromatic heterocycles. The lowest BCUT2D eigenvalue weighted by molar-refractivity contribution is 0.0946. The van der Waals surface area contributed by atoms with Crippen LogP contribution < -0.4 is 10.6 Å². The molecule has 0 radical (unpaired) electrons. The number of piperazine rings is 1. The van der Waals surface area contributed by atoms with Gasteiger partial charge in [-0.25, -0.2) is 4.68 Å². The molecular weight excluding hydrogens is 326 g/mol. The SMILES string of the molecule is O=C(NCCCN1CCNCC1)c1ccn(-c2cccc(Cl)c2)n1. The predicted octanol–water partition coefficient (Wildman–Crippen LogP) is 1.55. The Labute approximate surface area is 146 Å². The summed E-state index contributed by atoms with van der Waals surface area (Å²) in [6.45, 7) is 5.93. The molecular formula is C17H22ClN5O. The third kappa shape index (κ3) is 4.56. The predicted molar refractivity (Wildman–Crippen MR) is 94.8 cm³/mol. The van der Waals surface area contributed by atoms with Gasteiger partial charge in [0.25, 0.3) is 5.91 Å². The summed E-state index contributed by atoms with van der Waals surface area (Å²) in [6.07, 6.45) is 2.71. The van der Waals surface area contributed by atoms with Crippen molar-refractivity contribution in [3.8, 4) is 5.69 Å². The molecule has 0 bridgehead atoms. The summed E-state index contributed by atoms with van der Waals surface area (Å²) in [6, 6.07) is 9.08. The Balaban J connectivity index is 1.47. The van der Waals surface area contributed by atoms with Gasteiger partial charge in [0.2, 0.25) is 0 Å². The van der Waals surface area contributed by atoms with Crippen molar-refractivity contribution in [2.24, 2.45) is 0 Å². The molecule has 1 aliphatic rings. The van der Waals surface area contributed by atoms with Crippen molar-refractivity contribution in [2.45, 2.75) is 6.42 Å². The zero-order chi connectivity index (χ0) is 16.8. The van der Waals surface area contributed by atoms with Crippen molar-refractivity contribution in [3.63, 3.8) is 0 Å². The summed E-state index contributed by atoms with van der Waals surface area (Å²) in [5.41, 5.74) is 1.25. The Kier molecular flexibility index (Phi) is 5.85. The first-order valence-corrected chi connectivity index (χ1v) is 8.63. The third-order valence-electron chi connectivity index (χ3n) is 4.04. The average molecular weight is 348 g/mol. The number of hydrogen-bond donors (Lipinski definition) is 2. The van der Waals surface area contributed by atoms with Gasteiger partial charge >= 0.3 is 0 Å². The number of rotatable bonds is 6. The topological polar surface area (TPSA) is 62.2 Å². The van der Waals surface area contributed by atoms with Crippen LogP contribution in [0, 0.1) is 0 Å². The largest absolute Gasteiger partial charge is 0.351 e. The highest BCUT2D eigenvalue weighted by atomic mass is 35.5. The van der Waals surface area contributed by atoms with Gasteiger partial charge in [-0.05, 0) is 37.2 Å². The number of benzene rings is 1. The number of hydrogen-bond acceptors (Lipinski definition) is 4. The van der Waals surface area contributed by atoms with E-state index in [2.05, 4.69) is 20.6 Å². The van der Waals surface area contributed by atoms with Crippen molar-refractivity contribution < 1.29 is 4.79 Å². The van der Waals surface area contributed by atoms with E-state index in [-0.39, 0.29) is 5.91 Å². The first-order chi connectivity index (χ1) is 11.7. The van der Waals surface area contributed by atoms with Gasteiger partial charge < -0.3 is 15.5 Å². The van der Waals surface area contributed by atoms with Crippen LogP contribution >= 0.6 is 11.6 Å². The second-order valence-corrected chi connectivity index (χ2v) is 6.26. The molecule has 0 unspecified atom stereocenters. The molecule has 0 saturated carbocycles. The lowest BCUT2D eigenvalue weighted by Crippen LogP contribution is -2.44. The molecule has 128 valence electrons. The highest BCUT2D eigenvalue weighted by molar-refractivity contribution is 6.30. The highest BCUT2D eigenvalue weighted by Gasteiger charge is 2.11. The molecule has 1 aromatic carbocycles. The molecule has 2 heterocycles. The number of nitrogens with one attached hydrogen (secondary N) is 2. The molecule has 1 amide bonds. The maximum atomic E-state index is 12.2. The van der Waals surface area contributed by atoms with E-state index < -0.39 is 0 Å². The lowest BCUT2D eigenvalue weighted by atomic mass is 10.3. The van der Waals surface area contributed by atoms with E-state index in [0.29, 0.717) is 17.3 Å². The summed E-state index contributed by atoms with van der Waals surface area (Å²) in [7, 11) is 0. The molecule has 2 N–H and O–H groups in total. The van der Waals surface area contributed by atoms with E-state index in [1.54, 1.807) is 23.0 Å². The van der Waals surface area contributed by atoms with Crippen LogP contribution in [0.1, 0.15) is 16.9 Å². The van der Waals surface area contributed by atoms with Crippen molar-refractivity contribution >= 4 is 17.5 Å². The number of carbonyl (C=O) groups excluding carboxylic acids is 1. The van der Waals surface area contributed by atoms with E-state index >= 15 is 0 Å². The van der Waals surface area contributed by atoms with Gasteiger partial charge in [-0.2, -0.15) is 5.10 Å². The van der Waals surface area contributed by atoms with Gasteiger partial charge in [-0.1, -0.05) is 17.7 Å². The van der Waals surface area contributed by atoms with Gasteiger partial charge in [0.15, 0.2) is 5.69 Å². The lowest BCUT2D eigenvalue weighted by Gasteiger charge is -2.26. The summed E-state index contributed by atoms with van der Waals surface area (Å²) >= 11 is 5.98. The number of amides is 1. The van der Waals surface area contributed by atoms with Crippen molar-refractivity contribution in [1.29, 1.82) is 0 Å². The highest BCUT2D eigenvalue weighted by Crippen LogP contribution is 2.14. The molecule has 1 aliphatic heterocycles. The first kappa shape index (κ1) is 17.0. The molecule has 0 aliphatic carbocycles. The Morgan fingerprint density at radius 3 is 2.92 bits per heavy atom. The van der Waals surface area contributed by atoms with Crippen LogP contribution in [0.25, 0.3) is 5.69 Å². The quantitative estimate of drug-likeness (QED) is 0.778. The van der Waals surface area contributed by atoms with Gasteiger partial charge in [0.1, 0.15) is 0 Å². The van der Waals surface area contributed by atoms with E-state index in [1.165, 1.54) is 0 Å². The van der Waals surface area contributed by atoms with Crippen LogP contribution in [0.15, 0.2) is 36.5 Å². The van der Waals surface area contributed by atoms with Crippen LogP contribution in [0.2, 0.25) is 5.02 Å². The molecule has 6 nitrogen and oxygen atoms in total. The first-order valence-electron chi connectivity index (χ1n) is 8.25. The minimum atomic E-state index is -0.143. The van der Waals surface area contributed by atoms with Crippen LogP contribution in [-0.2, 0) is 0 Å². The molecule has 1 saturated heterocycles. The fourth-order valence-corrected chi connectivity index (χ4v) is 2.92. The number of halogens is 1. The summed E-state index contributed by atoms with van der Waals surface area (Å²) < 4.78 is 1.65. The Morgan fingerprint density at radius 2 is 2.12 bits per heavy atom. The maximum absolute atomic E-state index is 12.2. The molecule has 3 rings (SSSR count). The third-order valence-corrected chi connectivity index (χ3v) is 4.28. The van der Waals surface area contributed by atoms with E-state index in [0.717, 1.165) is 44.8 Å². The minimum Gasteiger partial charge on any atom is -0.351 e. The normalized spacial score (nSPS) is 15.4. The molecule has 2 aromatic rings. The molecule has 7 heteroatoms. The summed E-state index contributed by atoms with van der Waals surface area (Å²) in [5.74, 6) is -0.143. The summed E-state index contributed by atoms with van der Waals surface area (Å²) in [4.78, 5) is 14.6. The fraction of sp³-hybridized carbons (Fsp3) is 0.412. The van der Waals surface area contributed by atoms with Crippen molar-refractivity contribution in [3.05, 3.63) is 47.2 Å². The van der Waals surface area contributed by atoms with Gasteiger partial charge in [0.05, 0.1) is 5.69 Å². The zero-order valence-corrected chi connectivity index (χ0v) is 14.3. The number of carbonyl (C=O) groups is 1.